The minimum atomic E-state index is -0.335. The van der Waals surface area contributed by atoms with Crippen LogP contribution in [0, 0.1) is 0 Å². The highest BCUT2D eigenvalue weighted by Gasteiger charge is 2.23. The van der Waals surface area contributed by atoms with Gasteiger partial charge in [-0.3, -0.25) is 9.20 Å². The lowest BCUT2D eigenvalue weighted by Crippen LogP contribution is -2.25. The maximum atomic E-state index is 13.2. The van der Waals surface area contributed by atoms with Crippen molar-refractivity contribution in [2.45, 2.75) is 23.8 Å². The molecule has 1 N–H and O–H groups in total. The number of fused-ring (bicyclic) bond motifs is 5. The van der Waals surface area contributed by atoms with E-state index in [9.17, 15) is 4.79 Å². The molecule has 2 heterocycles. The summed E-state index contributed by atoms with van der Waals surface area (Å²) in [5.74, 6) is 0.544. The SMILES string of the molecule is CCC(Sc1nc2ccccc2c2nc3ccccc3n12)C(=O)Nc1ccccc1OC. The highest BCUT2D eigenvalue weighted by atomic mass is 32.2. The van der Waals surface area contributed by atoms with Crippen molar-refractivity contribution in [3.05, 3.63) is 72.8 Å². The number of hydrogen-bond acceptors (Lipinski definition) is 5. The number of rotatable bonds is 6. The molecule has 1 atom stereocenters. The van der Waals surface area contributed by atoms with E-state index in [-0.39, 0.29) is 11.2 Å². The zero-order chi connectivity index (χ0) is 22.1. The molecule has 0 bridgehead atoms. The van der Waals surface area contributed by atoms with Gasteiger partial charge in [-0.05, 0) is 42.8 Å². The number of ether oxygens (including phenoxy) is 1. The Kier molecular flexibility index (Phi) is 5.41. The van der Waals surface area contributed by atoms with Gasteiger partial charge in [0.15, 0.2) is 5.16 Å². The first-order chi connectivity index (χ1) is 15.7. The number of benzene rings is 3. The summed E-state index contributed by atoms with van der Waals surface area (Å²) in [6, 6.07) is 23.4. The van der Waals surface area contributed by atoms with Gasteiger partial charge in [0.05, 0.1) is 34.6 Å². The Morgan fingerprint density at radius 2 is 1.72 bits per heavy atom. The van der Waals surface area contributed by atoms with Gasteiger partial charge in [-0.1, -0.05) is 55.1 Å². The molecule has 160 valence electrons. The fraction of sp³-hybridized carbons (Fsp3) is 0.160. The van der Waals surface area contributed by atoms with Crippen LogP contribution in [0.15, 0.2) is 78.0 Å². The van der Waals surface area contributed by atoms with Gasteiger partial charge in [-0.15, -0.1) is 0 Å². The number of nitrogens with one attached hydrogen (secondary N) is 1. The summed E-state index contributed by atoms with van der Waals surface area (Å²) in [6.07, 6.45) is 0.647. The number of nitrogens with zero attached hydrogens (tertiary/aromatic N) is 3. The lowest BCUT2D eigenvalue weighted by molar-refractivity contribution is -0.115. The number of para-hydroxylation sites is 5. The summed E-state index contributed by atoms with van der Waals surface area (Å²) in [5, 5.41) is 4.41. The van der Waals surface area contributed by atoms with Gasteiger partial charge in [0.25, 0.3) is 0 Å². The van der Waals surface area contributed by atoms with E-state index in [1.165, 1.54) is 11.8 Å². The lowest BCUT2D eigenvalue weighted by Gasteiger charge is -2.17. The molecule has 0 fully saturated rings. The summed E-state index contributed by atoms with van der Waals surface area (Å²) in [6.45, 7) is 2.00. The molecule has 5 aromatic rings. The van der Waals surface area contributed by atoms with E-state index in [1.54, 1.807) is 7.11 Å². The molecule has 7 heteroatoms. The topological polar surface area (TPSA) is 68.5 Å². The van der Waals surface area contributed by atoms with E-state index in [4.69, 9.17) is 14.7 Å². The minimum absolute atomic E-state index is 0.0884. The zero-order valence-electron chi connectivity index (χ0n) is 17.8. The third-order valence-electron chi connectivity index (χ3n) is 5.39. The standard InChI is InChI=1S/C25H22N4O2S/c1-3-22(24(30)27-19-13-7-9-15-21(19)31-2)32-25-28-17-11-5-4-10-16(17)23-26-18-12-6-8-14-20(18)29(23)25/h4-15,22H,3H2,1-2H3,(H,27,30). The monoisotopic (exact) mass is 442 g/mol. The van der Waals surface area contributed by atoms with Crippen molar-refractivity contribution in [2.75, 3.05) is 12.4 Å². The highest BCUT2D eigenvalue weighted by molar-refractivity contribution is 8.00. The number of carbonyl (C=O) groups excluding carboxylic acids is 1. The third-order valence-corrected chi connectivity index (χ3v) is 6.71. The van der Waals surface area contributed by atoms with Crippen LogP contribution in [0.3, 0.4) is 0 Å². The van der Waals surface area contributed by atoms with Crippen molar-refractivity contribution in [2.24, 2.45) is 0 Å². The van der Waals surface area contributed by atoms with E-state index in [2.05, 4.69) is 9.72 Å². The second kappa shape index (κ2) is 8.51. The summed E-state index contributed by atoms with van der Waals surface area (Å²) < 4.78 is 7.43. The quantitative estimate of drug-likeness (QED) is 0.276. The molecule has 1 amide bonds. The first kappa shape index (κ1) is 20.3. The number of aromatic nitrogens is 3. The first-order valence-electron chi connectivity index (χ1n) is 10.5. The molecule has 0 aliphatic heterocycles. The van der Waals surface area contributed by atoms with Crippen LogP contribution in [-0.4, -0.2) is 32.6 Å². The van der Waals surface area contributed by atoms with Crippen LogP contribution in [0.2, 0.25) is 0 Å². The van der Waals surface area contributed by atoms with Gasteiger partial charge in [-0.25, -0.2) is 9.97 Å². The highest BCUT2D eigenvalue weighted by Crippen LogP contribution is 2.33. The van der Waals surface area contributed by atoms with Crippen LogP contribution in [0.4, 0.5) is 5.69 Å². The van der Waals surface area contributed by atoms with Gasteiger partial charge in [-0.2, -0.15) is 0 Å². The van der Waals surface area contributed by atoms with Gasteiger partial charge < -0.3 is 10.1 Å². The van der Waals surface area contributed by atoms with E-state index >= 15 is 0 Å². The second-order valence-electron chi connectivity index (χ2n) is 7.38. The molecule has 0 saturated heterocycles. The number of amides is 1. The predicted octanol–water partition coefficient (Wildman–Crippen LogP) is 5.55. The van der Waals surface area contributed by atoms with Crippen molar-refractivity contribution in [3.63, 3.8) is 0 Å². The molecular formula is C25H22N4O2S. The van der Waals surface area contributed by atoms with Gasteiger partial charge >= 0.3 is 0 Å². The number of carbonyl (C=O) groups is 1. The minimum Gasteiger partial charge on any atom is -0.495 e. The van der Waals surface area contributed by atoms with Crippen molar-refractivity contribution in [1.82, 2.24) is 14.4 Å². The van der Waals surface area contributed by atoms with Gasteiger partial charge in [0.1, 0.15) is 11.4 Å². The van der Waals surface area contributed by atoms with E-state index in [0.717, 1.165) is 32.7 Å². The van der Waals surface area contributed by atoms with Crippen molar-refractivity contribution in [1.29, 1.82) is 0 Å². The molecule has 0 radical (unpaired) electrons. The number of methoxy groups -OCH3 is 1. The van der Waals surface area contributed by atoms with Crippen LogP contribution >= 0.6 is 11.8 Å². The molecule has 0 spiro atoms. The molecular weight excluding hydrogens is 420 g/mol. The number of anilines is 1. The summed E-state index contributed by atoms with van der Waals surface area (Å²) in [5.41, 5.74) is 4.24. The Morgan fingerprint density at radius 1 is 1.00 bits per heavy atom. The molecule has 6 nitrogen and oxygen atoms in total. The summed E-state index contributed by atoms with van der Waals surface area (Å²) in [7, 11) is 1.59. The van der Waals surface area contributed by atoms with Crippen LogP contribution in [0.5, 0.6) is 5.75 Å². The predicted molar refractivity (Wildman–Crippen MR) is 130 cm³/mol. The van der Waals surface area contributed by atoms with E-state index in [0.29, 0.717) is 17.9 Å². The van der Waals surface area contributed by atoms with Crippen molar-refractivity contribution < 1.29 is 9.53 Å². The summed E-state index contributed by atoms with van der Waals surface area (Å²) in [4.78, 5) is 23.0. The van der Waals surface area contributed by atoms with Gasteiger partial charge in [0.2, 0.25) is 5.91 Å². The van der Waals surface area contributed by atoms with Crippen LogP contribution in [0.1, 0.15) is 13.3 Å². The average Bonchev–Trinajstić information content (AvgIpc) is 3.23. The smallest absolute Gasteiger partial charge is 0.238 e. The fourth-order valence-electron chi connectivity index (χ4n) is 3.80. The van der Waals surface area contributed by atoms with E-state index in [1.807, 2.05) is 79.7 Å². The maximum Gasteiger partial charge on any atom is 0.238 e. The average molecular weight is 443 g/mol. The number of imidazole rings is 1. The molecule has 5 rings (SSSR count). The van der Waals surface area contributed by atoms with Crippen molar-refractivity contribution in [3.8, 4) is 5.75 Å². The molecule has 1 unspecified atom stereocenters. The van der Waals surface area contributed by atoms with Crippen LogP contribution in [-0.2, 0) is 4.79 Å². The molecule has 0 aliphatic rings. The number of hydrogen-bond donors (Lipinski definition) is 1. The van der Waals surface area contributed by atoms with Gasteiger partial charge in [0, 0.05) is 5.39 Å². The maximum absolute atomic E-state index is 13.2. The van der Waals surface area contributed by atoms with Crippen molar-refractivity contribution >= 4 is 50.9 Å². The third kappa shape index (κ3) is 3.54. The van der Waals surface area contributed by atoms with E-state index < -0.39 is 0 Å². The summed E-state index contributed by atoms with van der Waals surface area (Å²) >= 11 is 1.45. The first-order valence-corrected chi connectivity index (χ1v) is 11.3. The molecule has 3 aromatic carbocycles. The lowest BCUT2D eigenvalue weighted by atomic mass is 10.2. The Hall–Kier alpha value is -3.58. The van der Waals surface area contributed by atoms with Crippen LogP contribution in [0.25, 0.3) is 27.6 Å². The molecule has 0 saturated carbocycles. The Balaban J connectivity index is 1.58. The molecule has 32 heavy (non-hydrogen) atoms. The second-order valence-corrected chi connectivity index (χ2v) is 8.55. The fourth-order valence-corrected chi connectivity index (χ4v) is 4.83. The molecule has 2 aromatic heterocycles. The van der Waals surface area contributed by atoms with Crippen LogP contribution < -0.4 is 10.1 Å². The zero-order valence-corrected chi connectivity index (χ0v) is 18.6. The Bertz CT molecular complexity index is 1450. The Labute approximate surface area is 189 Å². The number of thioether (sulfide) groups is 1. The normalized spacial score (nSPS) is 12.3. The molecule has 0 aliphatic carbocycles. The largest absolute Gasteiger partial charge is 0.495 e. The Morgan fingerprint density at radius 3 is 2.53 bits per heavy atom.